The van der Waals surface area contributed by atoms with Gasteiger partial charge in [-0.15, -0.1) is 0 Å². The van der Waals surface area contributed by atoms with E-state index in [1.54, 1.807) is 0 Å². The summed E-state index contributed by atoms with van der Waals surface area (Å²) in [7, 11) is 0. The highest BCUT2D eigenvalue weighted by molar-refractivity contribution is 6.39. The third-order valence-electron chi connectivity index (χ3n) is 12.5. The van der Waals surface area contributed by atoms with Crippen molar-refractivity contribution in [2.75, 3.05) is 0 Å². The number of hydrogen-bond acceptors (Lipinski definition) is 2. The fourth-order valence-electron chi connectivity index (χ4n) is 9.97. The molecule has 0 fully saturated rings. The molecule has 0 bridgehead atoms. The molecule has 0 aliphatic rings. The fraction of sp³-hybridized carbons (Fsp3) is 0. The van der Waals surface area contributed by atoms with Crippen LogP contribution in [-0.2, 0) is 0 Å². The van der Waals surface area contributed by atoms with Crippen LogP contribution >= 0.6 is 0 Å². The van der Waals surface area contributed by atoms with Crippen molar-refractivity contribution in [1.82, 2.24) is 19.1 Å². The first-order valence-corrected chi connectivity index (χ1v) is 20.5. The van der Waals surface area contributed by atoms with Gasteiger partial charge in [0.15, 0.2) is 0 Å². The lowest BCUT2D eigenvalue weighted by Crippen LogP contribution is -2.01. The van der Waals surface area contributed by atoms with E-state index in [1.807, 2.05) is 24.3 Å². The predicted octanol–water partition coefficient (Wildman–Crippen LogP) is 14.6. The van der Waals surface area contributed by atoms with Gasteiger partial charge in [-0.1, -0.05) is 158 Å². The molecule has 4 nitrogen and oxygen atoms in total. The van der Waals surface area contributed by atoms with Crippen LogP contribution in [0.2, 0.25) is 0 Å². The number of aromatic nitrogens is 4. The lowest BCUT2D eigenvalue weighted by atomic mass is 9.96. The summed E-state index contributed by atoms with van der Waals surface area (Å²) in [5.74, 6) is 0. The summed E-state index contributed by atoms with van der Waals surface area (Å²) in [6, 6.07) is 74.2. The van der Waals surface area contributed by atoms with E-state index in [0.29, 0.717) is 0 Å². The Labute approximate surface area is 344 Å². The van der Waals surface area contributed by atoms with Crippen molar-refractivity contribution in [2.45, 2.75) is 0 Å². The van der Waals surface area contributed by atoms with Gasteiger partial charge in [-0.2, -0.15) is 0 Å². The monoisotopic (exact) mass is 762 g/mol. The van der Waals surface area contributed by atoms with Crippen molar-refractivity contribution in [1.29, 1.82) is 0 Å². The Morgan fingerprint density at radius 2 is 0.883 bits per heavy atom. The SMILES string of the molecule is c1ccc(-c2nc3ccccc3nc2-c2ccc(-n3c4ccc5ccccc5c4c4c5ccccc5c5c6ccccc6n(-c6ccccc6)c5c43)c3ccccc23)cc1. The van der Waals surface area contributed by atoms with Crippen LogP contribution in [0.5, 0.6) is 0 Å². The van der Waals surface area contributed by atoms with Gasteiger partial charge in [0.25, 0.3) is 0 Å². The molecule has 13 aromatic rings. The molecule has 0 saturated heterocycles. The van der Waals surface area contributed by atoms with Gasteiger partial charge in [0.1, 0.15) is 0 Å². The van der Waals surface area contributed by atoms with E-state index >= 15 is 0 Å². The van der Waals surface area contributed by atoms with E-state index < -0.39 is 0 Å². The van der Waals surface area contributed by atoms with Crippen LogP contribution in [0, 0.1) is 0 Å². The molecule has 0 radical (unpaired) electrons. The molecule has 13 rings (SSSR count). The lowest BCUT2D eigenvalue weighted by molar-refractivity contribution is 1.16. The molecule has 0 unspecified atom stereocenters. The molecule has 4 heteroatoms. The summed E-state index contributed by atoms with van der Waals surface area (Å²) < 4.78 is 5.05. The molecule has 0 N–H and O–H groups in total. The maximum Gasteiger partial charge on any atom is 0.0979 e. The standard InChI is InChI=1S/C56H34N4/c1-3-18-36(19-4-1)53-54(58-46-29-15-14-28-45(46)57-53)43-32-34-48(40-24-10-9-23-39(40)43)60-49-33-31-35-17-7-8-22-38(35)51(49)52-42-26-12-11-25-41(42)50-44-27-13-16-30-47(44)59(55(50)56(52)60)37-20-5-2-6-21-37/h1-34H. The molecule has 3 aromatic heterocycles. The van der Waals surface area contributed by atoms with Crippen LogP contribution in [0.1, 0.15) is 0 Å². The van der Waals surface area contributed by atoms with E-state index in [1.165, 1.54) is 65.2 Å². The molecule has 0 spiro atoms. The van der Waals surface area contributed by atoms with Crippen molar-refractivity contribution >= 4 is 87.0 Å². The third kappa shape index (κ3) is 4.61. The summed E-state index contributed by atoms with van der Waals surface area (Å²) in [6.45, 7) is 0. The molecular formula is C56H34N4. The van der Waals surface area contributed by atoms with Gasteiger partial charge >= 0.3 is 0 Å². The normalized spacial score (nSPS) is 12.0. The van der Waals surface area contributed by atoms with E-state index in [2.05, 4.69) is 191 Å². The van der Waals surface area contributed by atoms with E-state index in [-0.39, 0.29) is 0 Å². The van der Waals surface area contributed by atoms with Crippen LogP contribution in [0.3, 0.4) is 0 Å². The van der Waals surface area contributed by atoms with Crippen LogP contribution in [0.4, 0.5) is 0 Å². The maximum atomic E-state index is 5.37. The van der Waals surface area contributed by atoms with E-state index in [0.717, 1.165) is 55.7 Å². The minimum absolute atomic E-state index is 0.869. The minimum atomic E-state index is 0.869. The van der Waals surface area contributed by atoms with Crippen molar-refractivity contribution < 1.29 is 0 Å². The molecule has 10 aromatic carbocycles. The summed E-state index contributed by atoms with van der Waals surface area (Å²) in [5.41, 5.74) is 12.5. The van der Waals surface area contributed by atoms with E-state index in [9.17, 15) is 0 Å². The molecule has 0 aliphatic heterocycles. The molecule has 0 amide bonds. The first kappa shape index (κ1) is 32.9. The lowest BCUT2D eigenvalue weighted by Gasteiger charge is -2.18. The molecule has 0 atom stereocenters. The van der Waals surface area contributed by atoms with Gasteiger partial charge in [-0.05, 0) is 75.5 Å². The van der Waals surface area contributed by atoms with Crippen LogP contribution in [-0.4, -0.2) is 19.1 Å². The Balaban J connectivity index is 1.24. The van der Waals surface area contributed by atoms with Gasteiger partial charge in [-0.25, -0.2) is 9.97 Å². The second-order valence-corrected chi connectivity index (χ2v) is 15.7. The Kier molecular flexibility index (Phi) is 6.98. The molecule has 3 heterocycles. The number of benzene rings is 10. The van der Waals surface area contributed by atoms with Gasteiger partial charge in [0.05, 0.1) is 50.2 Å². The first-order valence-electron chi connectivity index (χ1n) is 20.5. The second kappa shape index (κ2) is 12.7. The first-order chi connectivity index (χ1) is 29.8. The van der Waals surface area contributed by atoms with Crippen LogP contribution in [0.25, 0.3) is 121 Å². The van der Waals surface area contributed by atoms with Crippen LogP contribution in [0.15, 0.2) is 206 Å². The maximum absolute atomic E-state index is 5.37. The summed E-state index contributed by atoms with van der Waals surface area (Å²) in [4.78, 5) is 10.6. The zero-order valence-corrected chi connectivity index (χ0v) is 32.4. The summed E-state index contributed by atoms with van der Waals surface area (Å²) in [6.07, 6.45) is 0. The second-order valence-electron chi connectivity index (χ2n) is 15.7. The topological polar surface area (TPSA) is 35.6 Å². The quantitative estimate of drug-likeness (QED) is 0.179. The van der Waals surface area contributed by atoms with E-state index in [4.69, 9.17) is 9.97 Å². The predicted molar refractivity (Wildman–Crippen MR) is 252 cm³/mol. The summed E-state index contributed by atoms with van der Waals surface area (Å²) >= 11 is 0. The highest BCUT2D eigenvalue weighted by Gasteiger charge is 2.27. The number of fused-ring (bicyclic) bond motifs is 14. The van der Waals surface area contributed by atoms with Gasteiger partial charge in [0, 0.05) is 43.7 Å². The fourth-order valence-corrected chi connectivity index (χ4v) is 9.97. The molecular weight excluding hydrogens is 729 g/mol. The highest BCUT2D eigenvalue weighted by Crippen LogP contribution is 2.49. The average Bonchev–Trinajstić information content (AvgIpc) is 3.86. The third-order valence-corrected chi connectivity index (χ3v) is 12.5. The highest BCUT2D eigenvalue weighted by atomic mass is 15.0. The summed E-state index contributed by atoms with van der Waals surface area (Å²) in [5, 5.41) is 12.2. The zero-order valence-electron chi connectivity index (χ0n) is 32.4. The largest absolute Gasteiger partial charge is 0.307 e. The Hall–Kier alpha value is -8.08. The Morgan fingerprint density at radius 1 is 0.317 bits per heavy atom. The number of para-hydroxylation sites is 4. The molecule has 60 heavy (non-hydrogen) atoms. The Bertz CT molecular complexity index is 3880. The molecule has 0 saturated carbocycles. The average molecular weight is 763 g/mol. The molecule has 0 aliphatic carbocycles. The van der Waals surface area contributed by atoms with Gasteiger partial charge in [-0.3, -0.25) is 0 Å². The zero-order chi connectivity index (χ0) is 39.3. The number of nitrogens with zero attached hydrogens (tertiary/aromatic N) is 4. The smallest absolute Gasteiger partial charge is 0.0979 e. The minimum Gasteiger partial charge on any atom is -0.307 e. The van der Waals surface area contributed by atoms with Crippen molar-refractivity contribution in [3.8, 4) is 33.9 Å². The molecule has 278 valence electrons. The van der Waals surface area contributed by atoms with Gasteiger partial charge in [0.2, 0.25) is 0 Å². The van der Waals surface area contributed by atoms with Crippen molar-refractivity contribution in [3.63, 3.8) is 0 Å². The van der Waals surface area contributed by atoms with Crippen LogP contribution < -0.4 is 0 Å². The number of rotatable bonds is 4. The van der Waals surface area contributed by atoms with Gasteiger partial charge < -0.3 is 9.13 Å². The number of hydrogen-bond donors (Lipinski definition) is 0. The Morgan fingerprint density at radius 3 is 1.65 bits per heavy atom. The van der Waals surface area contributed by atoms with Crippen molar-refractivity contribution in [2.24, 2.45) is 0 Å². The van der Waals surface area contributed by atoms with Crippen molar-refractivity contribution in [3.05, 3.63) is 206 Å².